The smallest absolute Gasteiger partial charge is 0.283 e. The molecular weight excluding hydrogens is 551 g/mol. The van der Waals surface area contributed by atoms with Crippen LogP contribution in [-0.2, 0) is 0 Å². The topological polar surface area (TPSA) is 49.9 Å². The van der Waals surface area contributed by atoms with Crippen LogP contribution in [-0.4, -0.2) is 32.2 Å². The van der Waals surface area contributed by atoms with Gasteiger partial charge in [0.15, 0.2) is 0 Å². The van der Waals surface area contributed by atoms with Gasteiger partial charge in [-0.25, -0.2) is 9.48 Å². The predicted molar refractivity (Wildman–Crippen MR) is 166 cm³/mol. The number of hydrogen-bond donors (Lipinski definition) is 0. The number of rotatable bonds is 0. The van der Waals surface area contributed by atoms with E-state index >= 15 is 0 Å². The number of amidine groups is 2. The Labute approximate surface area is 236 Å². The molecule has 10 heteroatoms. The van der Waals surface area contributed by atoms with E-state index in [-0.39, 0.29) is 7.12 Å². The second-order valence-corrected chi connectivity index (χ2v) is 13.8. The maximum atomic E-state index is 5.49. The molecule has 0 saturated carbocycles. The lowest BCUT2D eigenvalue weighted by Crippen LogP contribution is -2.60. The summed E-state index contributed by atoms with van der Waals surface area (Å²) in [5.41, 5.74) is 3.23. The fourth-order valence-corrected chi connectivity index (χ4v) is 10.8. The third-order valence-corrected chi connectivity index (χ3v) is 12.3. The van der Waals surface area contributed by atoms with Gasteiger partial charge >= 0.3 is 7.12 Å². The summed E-state index contributed by atoms with van der Waals surface area (Å²) in [6, 6.07) is 26.1. The molecule has 5 aromatic heterocycles. The first-order chi connectivity index (χ1) is 19.8. The first-order valence-corrected chi connectivity index (χ1v) is 15.6. The van der Waals surface area contributed by atoms with Crippen LogP contribution < -0.4 is 11.0 Å². The van der Waals surface area contributed by atoms with Gasteiger partial charge in [-0.3, -0.25) is 8.96 Å². The summed E-state index contributed by atoms with van der Waals surface area (Å²) >= 11 is 5.48. The Morgan fingerprint density at radius 3 is 2.08 bits per heavy atom. The van der Waals surface area contributed by atoms with Crippen LogP contribution >= 0.6 is 34.0 Å². The van der Waals surface area contributed by atoms with Gasteiger partial charge < -0.3 is 0 Å². The third kappa shape index (κ3) is 1.92. The van der Waals surface area contributed by atoms with E-state index in [4.69, 9.17) is 15.0 Å². The van der Waals surface area contributed by atoms with Gasteiger partial charge in [-0.15, -0.1) is 34.0 Å². The molecule has 0 fully saturated rings. The van der Waals surface area contributed by atoms with Crippen molar-refractivity contribution in [2.45, 2.75) is 0 Å². The van der Waals surface area contributed by atoms with E-state index in [0.29, 0.717) is 0 Å². The zero-order valence-corrected chi connectivity index (χ0v) is 22.9. The maximum absolute atomic E-state index is 5.49. The monoisotopic (exact) mass is 563 g/mol. The van der Waals surface area contributed by atoms with E-state index in [1.807, 2.05) is 34.0 Å². The van der Waals surface area contributed by atoms with Gasteiger partial charge in [-0.2, -0.15) is 0 Å². The van der Waals surface area contributed by atoms with Crippen molar-refractivity contribution in [1.82, 2.24) is 8.96 Å². The van der Waals surface area contributed by atoms with Gasteiger partial charge in [0.1, 0.15) is 16.2 Å². The highest BCUT2D eigenvalue weighted by Crippen LogP contribution is 2.51. The molecule has 0 N–H and O–H groups in total. The Hall–Kier alpha value is -4.38. The molecule has 0 spiro atoms. The van der Waals surface area contributed by atoms with Crippen LogP contribution in [0.15, 0.2) is 87.8 Å². The standard InChI is InChI=1S/C30H12BN6S3/c1-4-10-16-13(7-1)19-22(38-16)28-33-27-21-15-9-3-6-12-18(15)40-24(21)30-34-29-23-20(14-8-2-5-11-17(14)39-23)26-32-25(19)35(28)31(36(26)29)37(27)30/h1-12H/q+1. The quantitative estimate of drug-likeness (QED) is 0.192. The van der Waals surface area contributed by atoms with E-state index in [2.05, 4.69) is 86.2 Å². The summed E-state index contributed by atoms with van der Waals surface area (Å²) in [7, 11) is -0.123. The van der Waals surface area contributed by atoms with E-state index in [1.54, 1.807) is 0 Å². The lowest BCUT2D eigenvalue weighted by molar-refractivity contribution is -0.257. The van der Waals surface area contributed by atoms with Gasteiger partial charge in [0, 0.05) is 30.3 Å². The lowest BCUT2D eigenvalue weighted by Gasteiger charge is -2.25. The Kier molecular flexibility index (Phi) is 3.03. The second-order valence-electron chi connectivity index (χ2n) is 10.6. The lowest BCUT2D eigenvalue weighted by atomic mass is 9.88. The molecular formula is C30H12BN6S3+. The minimum Gasteiger partial charge on any atom is -0.283 e. The Morgan fingerprint density at radius 2 is 1.27 bits per heavy atom. The van der Waals surface area contributed by atoms with E-state index in [0.717, 1.165) is 34.3 Å². The molecule has 0 unspecified atom stereocenters. The minimum absolute atomic E-state index is 0.123. The summed E-state index contributed by atoms with van der Waals surface area (Å²) in [4.78, 5) is 17.6. The fourth-order valence-electron chi connectivity index (χ4n) is 7.21. The molecule has 0 atom stereocenters. The van der Waals surface area contributed by atoms with Crippen LogP contribution in [0, 0.1) is 0 Å². The van der Waals surface area contributed by atoms with Crippen molar-refractivity contribution < 1.29 is 4.49 Å². The summed E-state index contributed by atoms with van der Waals surface area (Å²) in [5.74, 6) is 4.03. The third-order valence-electron chi connectivity index (χ3n) is 8.76. The second kappa shape index (κ2) is 6.17. The molecule has 6 nitrogen and oxygen atoms in total. The van der Waals surface area contributed by atoms with Gasteiger partial charge in [0.2, 0.25) is 11.3 Å². The molecule has 0 amide bonds. The van der Waals surface area contributed by atoms with Crippen molar-refractivity contribution in [3.05, 3.63) is 94.2 Å². The zero-order chi connectivity index (χ0) is 25.4. The number of fused-ring (bicyclic) bond motifs is 15. The van der Waals surface area contributed by atoms with Crippen molar-refractivity contribution in [3.8, 4) is 0 Å². The van der Waals surface area contributed by atoms with Crippen molar-refractivity contribution in [2.24, 2.45) is 15.0 Å². The van der Waals surface area contributed by atoms with E-state index in [1.165, 1.54) is 60.9 Å². The fraction of sp³-hybridized carbons (Fsp3) is 0. The van der Waals surface area contributed by atoms with Crippen LogP contribution in [0.4, 0.5) is 11.6 Å². The minimum atomic E-state index is -0.123. The zero-order valence-electron chi connectivity index (χ0n) is 20.4. The van der Waals surface area contributed by atoms with Gasteiger partial charge in [0.25, 0.3) is 11.7 Å². The van der Waals surface area contributed by atoms with E-state index < -0.39 is 0 Å². The van der Waals surface area contributed by atoms with Crippen molar-refractivity contribution in [3.63, 3.8) is 0 Å². The van der Waals surface area contributed by atoms with Gasteiger partial charge in [-0.1, -0.05) is 64.6 Å². The molecule has 40 heavy (non-hydrogen) atoms. The van der Waals surface area contributed by atoms with Crippen molar-refractivity contribution >= 4 is 115 Å². The molecule has 0 radical (unpaired) electrons. The van der Waals surface area contributed by atoms with Crippen molar-refractivity contribution in [2.75, 3.05) is 0 Å². The molecule has 4 aliphatic rings. The van der Waals surface area contributed by atoms with Crippen LogP contribution in [0.5, 0.6) is 0 Å². The van der Waals surface area contributed by atoms with Crippen LogP contribution in [0.2, 0.25) is 0 Å². The largest absolute Gasteiger partial charge is 0.612 e. The van der Waals surface area contributed by atoms with Crippen LogP contribution in [0.1, 0.15) is 10.4 Å². The van der Waals surface area contributed by atoms with Gasteiger partial charge in [0.05, 0.1) is 25.7 Å². The first-order valence-electron chi connectivity index (χ1n) is 13.2. The molecule has 9 heterocycles. The number of aliphatic imine (C=N–C) groups is 1. The van der Waals surface area contributed by atoms with E-state index in [9.17, 15) is 0 Å². The summed E-state index contributed by atoms with van der Waals surface area (Å²) < 4.78 is 13.4. The number of nitrogens with zero attached hydrogens (tertiary/aromatic N) is 6. The summed E-state index contributed by atoms with van der Waals surface area (Å²) in [6.45, 7) is 0. The molecule has 0 bridgehead atoms. The maximum Gasteiger partial charge on any atom is 0.612 e. The highest BCUT2D eigenvalue weighted by atomic mass is 32.1. The first kappa shape index (κ1) is 19.6. The molecule has 0 saturated heterocycles. The molecule has 182 valence electrons. The normalized spacial score (nSPS) is 15.9. The highest BCUT2D eigenvalue weighted by molar-refractivity contribution is 7.27. The molecule has 8 aromatic rings. The summed E-state index contributed by atoms with van der Waals surface area (Å²) in [5, 5.41) is 6.18. The molecule has 12 rings (SSSR count). The van der Waals surface area contributed by atoms with Crippen molar-refractivity contribution in [1.29, 1.82) is 0 Å². The SMILES string of the molecule is c1ccc2c3c(sc2c1)C1=Nc2c4c(sc5ccccc54)c4n2B2n5c(c6sc7ccccc7c6c5=NC3=[N+]21)=N4. The summed E-state index contributed by atoms with van der Waals surface area (Å²) in [6.07, 6.45) is 0. The highest BCUT2D eigenvalue weighted by Gasteiger charge is 2.55. The average Bonchev–Trinajstić information content (AvgIpc) is 3.80. The van der Waals surface area contributed by atoms with Gasteiger partial charge in [-0.05, 0) is 18.2 Å². The van der Waals surface area contributed by atoms with Crippen LogP contribution in [0.25, 0.3) is 50.4 Å². The number of thiophene rings is 3. The Bertz CT molecular complexity index is 2780. The number of benzene rings is 3. The predicted octanol–water partition coefficient (Wildman–Crippen LogP) is 6.38. The number of aromatic nitrogens is 2. The Balaban J connectivity index is 1.39. The molecule has 0 aliphatic carbocycles. The average molecular weight is 563 g/mol. The Morgan fingerprint density at radius 1 is 0.600 bits per heavy atom. The van der Waals surface area contributed by atoms with Crippen LogP contribution in [0.3, 0.4) is 0 Å². The molecule has 4 aliphatic heterocycles. The number of hydrogen-bond acceptors (Lipinski definition) is 6. The molecule has 3 aromatic carbocycles.